The predicted octanol–water partition coefficient (Wildman–Crippen LogP) is 3.10. The third-order valence-electron chi connectivity index (χ3n) is 3.27. The van der Waals surface area contributed by atoms with Gasteiger partial charge in [-0.3, -0.25) is 9.59 Å². The van der Waals surface area contributed by atoms with E-state index in [-0.39, 0.29) is 17.5 Å². The number of likely N-dealkylation sites (N-methyl/N-ethyl adjacent to an activating group) is 1. The van der Waals surface area contributed by atoms with Crippen LogP contribution >= 0.6 is 0 Å². The highest BCUT2D eigenvalue weighted by molar-refractivity contribution is 6.02. The molecular weight excluding hydrogens is 300 g/mol. The first-order chi connectivity index (χ1) is 11.6. The maximum Gasteiger partial charge on any atom is 0.269 e. The maximum atomic E-state index is 12.3. The van der Waals surface area contributed by atoms with Crippen molar-refractivity contribution in [2.75, 3.05) is 14.1 Å². The number of nitrogens with one attached hydrogen (secondary N) is 1. The molecule has 4 nitrogen and oxygen atoms in total. The van der Waals surface area contributed by atoms with Crippen LogP contribution in [-0.4, -0.2) is 30.8 Å². The van der Waals surface area contributed by atoms with E-state index in [2.05, 4.69) is 5.32 Å². The highest BCUT2D eigenvalue weighted by atomic mass is 16.2. The molecule has 0 unspecified atom stereocenters. The van der Waals surface area contributed by atoms with Crippen LogP contribution in [0.5, 0.6) is 0 Å². The van der Waals surface area contributed by atoms with E-state index < -0.39 is 0 Å². The smallest absolute Gasteiger partial charge is 0.269 e. The summed E-state index contributed by atoms with van der Waals surface area (Å²) in [6, 6.07) is 18.5. The number of carbonyl (C=O) groups excluding carboxylic acids is 2. The van der Waals surface area contributed by atoms with Crippen molar-refractivity contribution in [3.63, 3.8) is 0 Å². The minimum absolute atomic E-state index is 0.223. The zero-order chi connectivity index (χ0) is 17.4. The van der Waals surface area contributed by atoms with Gasteiger partial charge in [0.25, 0.3) is 11.8 Å². The number of hydrogen-bond donors (Lipinski definition) is 1. The van der Waals surface area contributed by atoms with Gasteiger partial charge >= 0.3 is 0 Å². The Bertz CT molecular complexity index is 748. The minimum atomic E-state index is -0.315. The topological polar surface area (TPSA) is 49.4 Å². The Balaban J connectivity index is 2.18. The first-order valence-corrected chi connectivity index (χ1v) is 7.59. The number of hydrogen-bond acceptors (Lipinski definition) is 2. The highest BCUT2D eigenvalue weighted by Crippen LogP contribution is 2.05. The van der Waals surface area contributed by atoms with E-state index in [1.165, 1.54) is 4.90 Å². The summed E-state index contributed by atoms with van der Waals surface area (Å²) in [7, 11) is 3.29. The molecule has 122 valence electrons. The van der Waals surface area contributed by atoms with Crippen molar-refractivity contribution in [1.29, 1.82) is 0 Å². The van der Waals surface area contributed by atoms with E-state index in [1.54, 1.807) is 50.5 Å². The van der Waals surface area contributed by atoms with Crippen LogP contribution in [0.1, 0.15) is 15.9 Å². The predicted molar refractivity (Wildman–Crippen MR) is 96.2 cm³/mol. The number of allylic oxidation sites excluding steroid dienone is 2. The summed E-state index contributed by atoms with van der Waals surface area (Å²) >= 11 is 0. The molecular formula is C20H20N2O2. The lowest BCUT2D eigenvalue weighted by Gasteiger charge is -2.14. The molecule has 2 aromatic carbocycles. The second kappa shape index (κ2) is 8.48. The average molecular weight is 320 g/mol. The third-order valence-corrected chi connectivity index (χ3v) is 3.27. The van der Waals surface area contributed by atoms with Gasteiger partial charge < -0.3 is 10.2 Å². The van der Waals surface area contributed by atoms with Crippen LogP contribution in [0.25, 0.3) is 6.08 Å². The lowest BCUT2D eigenvalue weighted by molar-refractivity contribution is -0.125. The number of rotatable bonds is 5. The van der Waals surface area contributed by atoms with Crippen molar-refractivity contribution < 1.29 is 9.59 Å². The summed E-state index contributed by atoms with van der Waals surface area (Å²) in [5.41, 5.74) is 1.74. The number of amides is 2. The molecule has 0 aromatic heterocycles. The van der Waals surface area contributed by atoms with Gasteiger partial charge in [0.1, 0.15) is 5.70 Å². The summed E-state index contributed by atoms with van der Waals surface area (Å²) in [6.07, 6.45) is 5.23. The molecule has 4 heteroatoms. The lowest BCUT2D eigenvalue weighted by atomic mass is 10.2. The second-order valence-electron chi connectivity index (χ2n) is 5.37. The van der Waals surface area contributed by atoms with Gasteiger partial charge in [0.05, 0.1) is 0 Å². The summed E-state index contributed by atoms with van der Waals surface area (Å²) < 4.78 is 0. The quantitative estimate of drug-likeness (QED) is 0.680. The van der Waals surface area contributed by atoms with Crippen LogP contribution in [0.3, 0.4) is 0 Å². The molecule has 0 aliphatic carbocycles. The molecule has 0 fully saturated rings. The van der Waals surface area contributed by atoms with Crippen LogP contribution in [0, 0.1) is 0 Å². The van der Waals surface area contributed by atoms with E-state index in [0.29, 0.717) is 5.56 Å². The van der Waals surface area contributed by atoms with Crippen LogP contribution in [0.4, 0.5) is 0 Å². The van der Waals surface area contributed by atoms with Gasteiger partial charge in [-0.15, -0.1) is 0 Å². The van der Waals surface area contributed by atoms with E-state index in [9.17, 15) is 9.59 Å². The van der Waals surface area contributed by atoms with Crippen LogP contribution in [-0.2, 0) is 4.79 Å². The van der Waals surface area contributed by atoms with Gasteiger partial charge in [-0.2, -0.15) is 0 Å². The fourth-order valence-electron chi connectivity index (χ4n) is 2.01. The Kier molecular flexibility index (Phi) is 6.08. The van der Waals surface area contributed by atoms with Gasteiger partial charge in [-0.25, -0.2) is 0 Å². The summed E-state index contributed by atoms with van der Waals surface area (Å²) in [5.74, 6) is -0.581. The monoisotopic (exact) mass is 320 g/mol. The molecule has 0 aliphatic rings. The molecule has 0 saturated heterocycles. The molecule has 0 radical (unpaired) electrons. The summed E-state index contributed by atoms with van der Waals surface area (Å²) in [6.45, 7) is 0. The van der Waals surface area contributed by atoms with Gasteiger partial charge in [0.2, 0.25) is 0 Å². The lowest BCUT2D eigenvalue weighted by Crippen LogP contribution is -2.34. The molecule has 0 aliphatic heterocycles. The van der Waals surface area contributed by atoms with Gasteiger partial charge in [-0.05, 0) is 23.8 Å². The molecule has 2 amide bonds. The van der Waals surface area contributed by atoms with Crippen molar-refractivity contribution in [3.05, 3.63) is 89.6 Å². The molecule has 0 atom stereocenters. The van der Waals surface area contributed by atoms with E-state index in [4.69, 9.17) is 0 Å². The third kappa shape index (κ3) is 4.95. The molecule has 2 rings (SSSR count). The summed E-state index contributed by atoms with van der Waals surface area (Å²) in [5, 5.41) is 2.68. The zero-order valence-corrected chi connectivity index (χ0v) is 13.8. The van der Waals surface area contributed by atoms with E-state index in [0.717, 1.165) is 5.56 Å². The van der Waals surface area contributed by atoms with Crippen LogP contribution in [0.15, 0.2) is 78.5 Å². The van der Waals surface area contributed by atoms with Crippen LogP contribution < -0.4 is 5.32 Å². The zero-order valence-electron chi connectivity index (χ0n) is 13.8. The Morgan fingerprint density at radius 2 is 1.50 bits per heavy atom. The Morgan fingerprint density at radius 3 is 2.08 bits per heavy atom. The number of benzene rings is 2. The van der Waals surface area contributed by atoms with E-state index in [1.807, 2.05) is 42.5 Å². The highest BCUT2D eigenvalue weighted by Gasteiger charge is 2.15. The average Bonchev–Trinajstić information content (AvgIpc) is 2.61. The normalized spacial score (nSPS) is 11.3. The molecule has 1 N–H and O–H groups in total. The molecule has 0 spiro atoms. The second-order valence-corrected chi connectivity index (χ2v) is 5.37. The fraction of sp³-hybridized carbons (Fsp3) is 0.100. The summed E-state index contributed by atoms with van der Waals surface area (Å²) in [4.78, 5) is 26.0. The number of nitrogens with zero attached hydrogens (tertiary/aromatic N) is 1. The van der Waals surface area contributed by atoms with Gasteiger partial charge in [0, 0.05) is 19.7 Å². The first kappa shape index (κ1) is 17.2. The molecule has 0 saturated carbocycles. The van der Waals surface area contributed by atoms with Crippen molar-refractivity contribution in [2.24, 2.45) is 0 Å². The molecule has 24 heavy (non-hydrogen) atoms. The number of carbonyl (C=O) groups is 2. The standard InChI is InChI=1S/C20H20N2O2/c1-22(2)20(24)18(15-9-12-16-10-5-3-6-11-16)21-19(23)17-13-7-4-8-14-17/h3-15H,1-2H3,(H,21,23)/b12-9-,18-15+. The SMILES string of the molecule is CN(C)C(=O)/C(=C\C=C/c1ccccc1)NC(=O)c1ccccc1. The van der Waals surface area contributed by atoms with Crippen molar-refractivity contribution in [3.8, 4) is 0 Å². The van der Waals surface area contributed by atoms with Gasteiger partial charge in [0.15, 0.2) is 0 Å². The van der Waals surface area contributed by atoms with Crippen LogP contribution in [0.2, 0.25) is 0 Å². The van der Waals surface area contributed by atoms with Crippen molar-refractivity contribution >= 4 is 17.9 Å². The molecule has 2 aromatic rings. The molecule has 0 heterocycles. The van der Waals surface area contributed by atoms with Gasteiger partial charge in [-0.1, -0.05) is 60.7 Å². The minimum Gasteiger partial charge on any atom is -0.344 e. The Labute approximate surface area is 142 Å². The van der Waals surface area contributed by atoms with Crippen molar-refractivity contribution in [1.82, 2.24) is 10.2 Å². The largest absolute Gasteiger partial charge is 0.344 e. The first-order valence-electron chi connectivity index (χ1n) is 7.59. The maximum absolute atomic E-state index is 12.3. The van der Waals surface area contributed by atoms with E-state index >= 15 is 0 Å². The Morgan fingerprint density at radius 1 is 0.917 bits per heavy atom. The molecule has 0 bridgehead atoms. The van der Waals surface area contributed by atoms with Crippen molar-refractivity contribution in [2.45, 2.75) is 0 Å². The Hall–Kier alpha value is -3.14. The fourth-order valence-corrected chi connectivity index (χ4v) is 2.01.